The fourth-order valence-electron chi connectivity index (χ4n) is 2.47. The molecule has 0 aliphatic carbocycles. The first-order chi connectivity index (χ1) is 14.0. The lowest BCUT2D eigenvalue weighted by Gasteiger charge is -2.08. The van der Waals surface area contributed by atoms with Crippen molar-refractivity contribution < 1.29 is 22.4 Å². The summed E-state index contributed by atoms with van der Waals surface area (Å²) in [6, 6.07) is 16.6. The van der Waals surface area contributed by atoms with E-state index in [0.29, 0.717) is 11.4 Å². The zero-order valence-corrected chi connectivity index (χ0v) is 16.5. The van der Waals surface area contributed by atoms with Gasteiger partial charge in [0, 0.05) is 11.8 Å². The zero-order chi connectivity index (χ0) is 20.7. The van der Waals surface area contributed by atoms with Crippen LogP contribution in [0.3, 0.4) is 0 Å². The molecule has 7 nitrogen and oxygen atoms in total. The quantitative estimate of drug-likeness (QED) is 0.553. The maximum Gasteiger partial charge on any atom is 0.248 e. The van der Waals surface area contributed by atoms with Gasteiger partial charge in [-0.15, -0.1) is 0 Å². The standard InChI is InChI=1S/C21H20N2O5S/c1-27-18-10-7-16(8-11-18)9-12-21(24)23-17-4-2-6-20(14-17)29(25,26)22-15-19-5-3-13-28-19/h2-14,22H,15H2,1H3,(H,23,24)/b12-9+. The molecule has 3 aromatic rings. The number of amides is 1. The number of nitrogens with one attached hydrogen (secondary N) is 2. The molecular weight excluding hydrogens is 392 g/mol. The van der Waals surface area contributed by atoms with Gasteiger partial charge >= 0.3 is 0 Å². The van der Waals surface area contributed by atoms with E-state index in [-0.39, 0.29) is 17.3 Å². The van der Waals surface area contributed by atoms with Crippen molar-refractivity contribution in [2.45, 2.75) is 11.4 Å². The molecule has 0 saturated carbocycles. The van der Waals surface area contributed by atoms with Gasteiger partial charge < -0.3 is 14.5 Å². The van der Waals surface area contributed by atoms with Crippen LogP contribution >= 0.6 is 0 Å². The zero-order valence-electron chi connectivity index (χ0n) is 15.7. The van der Waals surface area contributed by atoms with Crippen molar-refractivity contribution in [1.82, 2.24) is 4.72 Å². The van der Waals surface area contributed by atoms with Crippen molar-refractivity contribution in [3.8, 4) is 5.75 Å². The first-order valence-electron chi connectivity index (χ1n) is 8.71. The number of ether oxygens (including phenoxy) is 1. The molecule has 0 saturated heterocycles. The van der Waals surface area contributed by atoms with Crippen LogP contribution in [0.2, 0.25) is 0 Å². The molecule has 0 unspecified atom stereocenters. The van der Waals surface area contributed by atoms with Gasteiger partial charge in [-0.2, -0.15) is 0 Å². The van der Waals surface area contributed by atoms with Gasteiger partial charge in [-0.3, -0.25) is 4.79 Å². The maximum atomic E-state index is 12.4. The second-order valence-corrected chi connectivity index (χ2v) is 7.79. The van der Waals surface area contributed by atoms with E-state index >= 15 is 0 Å². The lowest BCUT2D eigenvalue weighted by molar-refractivity contribution is -0.111. The van der Waals surface area contributed by atoms with E-state index in [1.54, 1.807) is 49.6 Å². The second kappa shape index (κ2) is 9.22. The predicted octanol–water partition coefficient (Wildman–Crippen LogP) is 3.42. The third-order valence-corrected chi connectivity index (χ3v) is 5.37. The number of methoxy groups -OCH3 is 1. The van der Waals surface area contributed by atoms with Crippen LogP contribution < -0.4 is 14.8 Å². The Labute approximate surface area is 169 Å². The number of hydrogen-bond donors (Lipinski definition) is 2. The van der Waals surface area contributed by atoms with Crippen molar-refractivity contribution in [3.05, 3.63) is 84.3 Å². The highest BCUT2D eigenvalue weighted by molar-refractivity contribution is 7.89. The number of furan rings is 1. The van der Waals surface area contributed by atoms with Crippen LogP contribution in [-0.2, 0) is 21.4 Å². The maximum absolute atomic E-state index is 12.4. The van der Waals surface area contributed by atoms with Gasteiger partial charge in [-0.25, -0.2) is 13.1 Å². The third kappa shape index (κ3) is 5.81. The van der Waals surface area contributed by atoms with Crippen molar-refractivity contribution in [3.63, 3.8) is 0 Å². The van der Waals surface area contributed by atoms with E-state index in [2.05, 4.69) is 10.0 Å². The molecule has 0 bridgehead atoms. The Bertz CT molecular complexity index is 1090. The second-order valence-electron chi connectivity index (χ2n) is 6.03. The van der Waals surface area contributed by atoms with Crippen molar-refractivity contribution in [1.29, 1.82) is 0 Å². The summed E-state index contributed by atoms with van der Waals surface area (Å²) in [5, 5.41) is 2.66. The van der Waals surface area contributed by atoms with Gasteiger partial charge in [0.2, 0.25) is 15.9 Å². The molecule has 1 aromatic heterocycles. The van der Waals surface area contributed by atoms with Gasteiger partial charge in [-0.05, 0) is 54.1 Å². The summed E-state index contributed by atoms with van der Waals surface area (Å²) in [5.74, 6) is 0.853. The molecule has 1 amide bonds. The molecule has 0 spiro atoms. The highest BCUT2D eigenvalue weighted by atomic mass is 32.2. The first-order valence-corrected chi connectivity index (χ1v) is 10.2. The Kier molecular flexibility index (Phi) is 6.48. The summed E-state index contributed by atoms with van der Waals surface area (Å²) in [7, 11) is -2.17. The SMILES string of the molecule is COc1ccc(/C=C/C(=O)Nc2cccc(S(=O)(=O)NCc3ccco3)c2)cc1. The molecule has 0 aliphatic rings. The summed E-state index contributed by atoms with van der Waals surface area (Å²) < 4.78 is 37.5. The third-order valence-electron chi connectivity index (χ3n) is 3.97. The van der Waals surface area contributed by atoms with Crippen molar-refractivity contribution >= 4 is 27.7 Å². The lowest BCUT2D eigenvalue weighted by atomic mass is 10.2. The highest BCUT2D eigenvalue weighted by Crippen LogP contribution is 2.17. The Morgan fingerprint density at radius 3 is 2.59 bits per heavy atom. The van der Waals surface area contributed by atoms with Crippen LogP contribution in [-0.4, -0.2) is 21.4 Å². The number of carbonyl (C=O) groups is 1. The van der Waals surface area contributed by atoms with Crippen LogP contribution in [0.5, 0.6) is 5.75 Å². The van der Waals surface area contributed by atoms with Crippen LogP contribution in [0.25, 0.3) is 6.08 Å². The number of rotatable bonds is 8. The molecule has 0 aliphatic heterocycles. The Balaban J connectivity index is 1.63. The number of carbonyl (C=O) groups excluding carboxylic acids is 1. The van der Waals surface area contributed by atoms with E-state index < -0.39 is 10.0 Å². The molecule has 0 radical (unpaired) electrons. The summed E-state index contributed by atoms with van der Waals surface area (Å²) in [6.45, 7) is 0.0382. The number of hydrogen-bond acceptors (Lipinski definition) is 5. The topological polar surface area (TPSA) is 97.6 Å². The Morgan fingerprint density at radius 2 is 1.90 bits per heavy atom. The molecule has 29 heavy (non-hydrogen) atoms. The average Bonchev–Trinajstić information content (AvgIpc) is 3.25. The van der Waals surface area contributed by atoms with Gasteiger partial charge in [-0.1, -0.05) is 18.2 Å². The van der Waals surface area contributed by atoms with E-state index in [0.717, 1.165) is 11.3 Å². The number of anilines is 1. The molecule has 8 heteroatoms. The molecule has 0 atom stereocenters. The van der Waals surface area contributed by atoms with Crippen LogP contribution in [0.1, 0.15) is 11.3 Å². The summed E-state index contributed by atoms with van der Waals surface area (Å²) >= 11 is 0. The van der Waals surface area contributed by atoms with E-state index in [9.17, 15) is 13.2 Å². The fourth-order valence-corrected chi connectivity index (χ4v) is 3.51. The molecule has 150 valence electrons. The average molecular weight is 412 g/mol. The molecule has 2 N–H and O–H groups in total. The fraction of sp³-hybridized carbons (Fsp3) is 0.0952. The summed E-state index contributed by atoms with van der Waals surface area (Å²) in [4.78, 5) is 12.2. The van der Waals surface area contributed by atoms with E-state index in [1.165, 1.54) is 24.5 Å². The van der Waals surface area contributed by atoms with Crippen molar-refractivity contribution in [2.24, 2.45) is 0 Å². The minimum Gasteiger partial charge on any atom is -0.497 e. The van der Waals surface area contributed by atoms with Crippen LogP contribution in [0, 0.1) is 0 Å². The largest absolute Gasteiger partial charge is 0.497 e. The van der Waals surface area contributed by atoms with E-state index in [4.69, 9.17) is 9.15 Å². The van der Waals surface area contributed by atoms with Crippen LogP contribution in [0.15, 0.2) is 82.3 Å². The minimum atomic E-state index is -3.75. The molecule has 0 fully saturated rings. The van der Waals surface area contributed by atoms with Gasteiger partial charge in [0.15, 0.2) is 0 Å². The van der Waals surface area contributed by atoms with Gasteiger partial charge in [0.05, 0.1) is 24.8 Å². The lowest BCUT2D eigenvalue weighted by Crippen LogP contribution is -2.23. The summed E-state index contributed by atoms with van der Waals surface area (Å²) in [6.07, 6.45) is 4.50. The molecule has 2 aromatic carbocycles. The van der Waals surface area contributed by atoms with Crippen molar-refractivity contribution in [2.75, 3.05) is 12.4 Å². The molecular formula is C21H20N2O5S. The monoisotopic (exact) mass is 412 g/mol. The smallest absolute Gasteiger partial charge is 0.248 e. The minimum absolute atomic E-state index is 0.0382. The number of sulfonamides is 1. The van der Waals surface area contributed by atoms with Crippen LogP contribution in [0.4, 0.5) is 5.69 Å². The molecule has 3 rings (SSSR count). The predicted molar refractivity (Wildman–Crippen MR) is 110 cm³/mol. The van der Waals surface area contributed by atoms with Gasteiger partial charge in [0.1, 0.15) is 11.5 Å². The Morgan fingerprint density at radius 1 is 1.10 bits per heavy atom. The highest BCUT2D eigenvalue weighted by Gasteiger charge is 2.15. The summed E-state index contributed by atoms with van der Waals surface area (Å²) in [5.41, 5.74) is 1.20. The number of benzene rings is 2. The normalized spacial score (nSPS) is 11.5. The first kappa shape index (κ1) is 20.4. The molecule has 1 heterocycles. The Hall–Kier alpha value is -3.36. The van der Waals surface area contributed by atoms with E-state index in [1.807, 2.05) is 12.1 Å². The van der Waals surface area contributed by atoms with Gasteiger partial charge in [0.25, 0.3) is 0 Å².